The largest absolute Gasteiger partial charge is 0.0877 e. The molecule has 0 heteroatoms. The molecule has 1 rings (SSSR count). The summed E-state index contributed by atoms with van der Waals surface area (Å²) in [6.07, 6.45) is 15.8. The maximum atomic E-state index is 2.16. The minimum atomic E-state index is 1.07. The zero-order chi connectivity index (χ0) is 9.23. The summed E-state index contributed by atoms with van der Waals surface area (Å²) in [5, 5.41) is 0. The van der Waals surface area contributed by atoms with Gasteiger partial charge in [0.25, 0.3) is 0 Å². The van der Waals surface area contributed by atoms with E-state index in [-0.39, 0.29) is 0 Å². The number of hydrogen-bond acceptors (Lipinski definition) is 0. The van der Waals surface area contributed by atoms with Gasteiger partial charge in [-0.15, -0.1) is 0 Å². The lowest BCUT2D eigenvalue weighted by atomic mass is 10.1. The minimum absolute atomic E-state index is 1.07. The van der Waals surface area contributed by atoms with Crippen LogP contribution in [0.15, 0.2) is 48.1 Å². The zero-order valence-corrected chi connectivity index (χ0v) is 8.25. The Morgan fingerprint density at radius 1 is 1.25 bits per heavy atom. The summed E-state index contributed by atoms with van der Waals surface area (Å²) in [6, 6.07) is 0. The molecule has 12 heavy (non-hydrogen) atoms. The predicted molar refractivity (Wildman–Crippen MR) is 57.1 cm³/mol. The fraction of sp³-hybridized carbons (Fsp3) is 0.333. The molecule has 0 saturated heterocycles. The molecule has 0 amide bonds. The van der Waals surface area contributed by atoms with Crippen molar-refractivity contribution in [2.45, 2.75) is 27.2 Å². The molecule has 0 aromatic carbocycles. The van der Waals surface area contributed by atoms with Crippen molar-refractivity contribution >= 4 is 0 Å². The van der Waals surface area contributed by atoms with E-state index < -0.39 is 0 Å². The van der Waals surface area contributed by atoms with Crippen LogP contribution < -0.4 is 0 Å². The Hall–Kier alpha value is -1.04. The lowest BCUT2D eigenvalue weighted by molar-refractivity contribution is 1.26. The van der Waals surface area contributed by atoms with Gasteiger partial charge in [0.15, 0.2) is 0 Å². The van der Waals surface area contributed by atoms with Gasteiger partial charge in [-0.05, 0) is 18.9 Å². The van der Waals surface area contributed by atoms with E-state index in [4.69, 9.17) is 0 Å². The second-order valence-electron chi connectivity index (χ2n) is 2.26. The van der Waals surface area contributed by atoms with Gasteiger partial charge in [0.1, 0.15) is 0 Å². The average molecular weight is 162 g/mol. The highest BCUT2D eigenvalue weighted by Gasteiger charge is 1.89. The Morgan fingerprint density at radius 2 is 2.00 bits per heavy atom. The van der Waals surface area contributed by atoms with Gasteiger partial charge in [-0.1, -0.05) is 56.4 Å². The molecule has 0 aromatic heterocycles. The standard InChI is InChI=1S/C10H12.C2H6/c1-2-3-7-10-8-5-4-6-9-10;1-2/h2-8H,9H2,1H3;1-2H3/b3-2-,10-7-;. The van der Waals surface area contributed by atoms with E-state index in [0.717, 1.165) is 6.42 Å². The smallest absolute Gasteiger partial charge is 0.00943 e. The average Bonchev–Trinajstić information content (AvgIpc) is 2.19. The van der Waals surface area contributed by atoms with E-state index in [1.54, 1.807) is 0 Å². The van der Waals surface area contributed by atoms with Crippen LogP contribution in [-0.4, -0.2) is 0 Å². The Labute approximate surface area is 76.0 Å². The minimum Gasteiger partial charge on any atom is -0.0877 e. The first-order valence-corrected chi connectivity index (χ1v) is 4.58. The fourth-order valence-corrected chi connectivity index (χ4v) is 0.873. The van der Waals surface area contributed by atoms with Crippen LogP contribution in [0.2, 0.25) is 0 Å². The summed E-state index contributed by atoms with van der Waals surface area (Å²) in [5.41, 5.74) is 1.38. The molecule has 0 saturated carbocycles. The Bertz CT molecular complexity index is 202. The van der Waals surface area contributed by atoms with Crippen LogP contribution >= 0.6 is 0 Å². The summed E-state index contributed by atoms with van der Waals surface area (Å²) in [4.78, 5) is 0. The number of allylic oxidation sites excluding steroid dienone is 8. The Balaban J connectivity index is 0.000000561. The van der Waals surface area contributed by atoms with Crippen LogP contribution in [0.25, 0.3) is 0 Å². The van der Waals surface area contributed by atoms with E-state index in [2.05, 4.69) is 36.5 Å². The highest BCUT2D eigenvalue weighted by Crippen LogP contribution is 2.09. The molecular weight excluding hydrogens is 144 g/mol. The Morgan fingerprint density at radius 3 is 2.50 bits per heavy atom. The van der Waals surface area contributed by atoms with Gasteiger partial charge in [-0.3, -0.25) is 0 Å². The fourth-order valence-electron chi connectivity index (χ4n) is 0.873. The van der Waals surface area contributed by atoms with Gasteiger partial charge in [-0.2, -0.15) is 0 Å². The monoisotopic (exact) mass is 162 g/mol. The van der Waals surface area contributed by atoms with Gasteiger partial charge in [0.2, 0.25) is 0 Å². The van der Waals surface area contributed by atoms with Crippen LogP contribution in [0.3, 0.4) is 0 Å². The summed E-state index contributed by atoms with van der Waals surface area (Å²) in [7, 11) is 0. The maximum Gasteiger partial charge on any atom is -0.00943 e. The molecule has 0 fully saturated rings. The molecule has 1 aliphatic carbocycles. The summed E-state index contributed by atoms with van der Waals surface area (Å²) >= 11 is 0. The molecule has 0 N–H and O–H groups in total. The topological polar surface area (TPSA) is 0 Å². The number of rotatable bonds is 1. The lowest BCUT2D eigenvalue weighted by Crippen LogP contribution is -1.78. The van der Waals surface area contributed by atoms with E-state index in [9.17, 15) is 0 Å². The summed E-state index contributed by atoms with van der Waals surface area (Å²) < 4.78 is 0. The van der Waals surface area contributed by atoms with Gasteiger partial charge in [0, 0.05) is 0 Å². The highest BCUT2D eigenvalue weighted by molar-refractivity contribution is 5.31. The van der Waals surface area contributed by atoms with E-state index >= 15 is 0 Å². The molecule has 0 aromatic rings. The lowest BCUT2D eigenvalue weighted by Gasteiger charge is -1.98. The normalized spacial score (nSPS) is 18.1. The third-order valence-electron chi connectivity index (χ3n) is 1.41. The molecular formula is C12H18. The molecule has 0 radical (unpaired) electrons. The van der Waals surface area contributed by atoms with Crippen molar-refractivity contribution in [3.63, 3.8) is 0 Å². The molecule has 0 heterocycles. The third kappa shape index (κ3) is 4.73. The molecule has 0 spiro atoms. The van der Waals surface area contributed by atoms with Crippen molar-refractivity contribution in [2.75, 3.05) is 0 Å². The first-order valence-electron chi connectivity index (χ1n) is 4.58. The molecule has 1 aliphatic rings. The van der Waals surface area contributed by atoms with Crippen molar-refractivity contribution < 1.29 is 0 Å². The van der Waals surface area contributed by atoms with Crippen LogP contribution in [0.1, 0.15) is 27.2 Å². The highest BCUT2D eigenvalue weighted by atomic mass is 13.9. The van der Waals surface area contributed by atoms with Gasteiger partial charge >= 0.3 is 0 Å². The SMILES string of the molecule is C/C=C\C=C1\C=CC=CC1.CC. The maximum absolute atomic E-state index is 2.16. The zero-order valence-electron chi connectivity index (χ0n) is 8.25. The van der Waals surface area contributed by atoms with Crippen LogP contribution in [0.5, 0.6) is 0 Å². The summed E-state index contributed by atoms with van der Waals surface area (Å²) in [5.74, 6) is 0. The van der Waals surface area contributed by atoms with E-state index in [1.165, 1.54) is 5.57 Å². The molecule has 0 atom stereocenters. The van der Waals surface area contributed by atoms with Gasteiger partial charge in [0.05, 0.1) is 0 Å². The van der Waals surface area contributed by atoms with Crippen LogP contribution in [0, 0.1) is 0 Å². The molecule has 0 unspecified atom stereocenters. The van der Waals surface area contributed by atoms with Crippen LogP contribution in [0.4, 0.5) is 0 Å². The molecule has 66 valence electrons. The molecule has 0 aliphatic heterocycles. The molecule has 0 nitrogen and oxygen atoms in total. The molecule has 0 bridgehead atoms. The first kappa shape index (κ1) is 11.0. The van der Waals surface area contributed by atoms with Gasteiger partial charge < -0.3 is 0 Å². The van der Waals surface area contributed by atoms with Crippen molar-refractivity contribution in [2.24, 2.45) is 0 Å². The third-order valence-corrected chi connectivity index (χ3v) is 1.41. The van der Waals surface area contributed by atoms with Crippen molar-refractivity contribution in [3.05, 3.63) is 48.1 Å². The van der Waals surface area contributed by atoms with E-state index in [1.807, 2.05) is 26.8 Å². The first-order chi connectivity index (χ1) is 5.93. The van der Waals surface area contributed by atoms with Crippen molar-refractivity contribution in [1.29, 1.82) is 0 Å². The van der Waals surface area contributed by atoms with Crippen LogP contribution in [-0.2, 0) is 0 Å². The summed E-state index contributed by atoms with van der Waals surface area (Å²) in [6.45, 7) is 6.03. The van der Waals surface area contributed by atoms with Gasteiger partial charge in [-0.25, -0.2) is 0 Å². The number of hydrogen-bond donors (Lipinski definition) is 0. The second-order valence-corrected chi connectivity index (χ2v) is 2.26. The van der Waals surface area contributed by atoms with Crippen molar-refractivity contribution in [1.82, 2.24) is 0 Å². The van der Waals surface area contributed by atoms with Crippen molar-refractivity contribution in [3.8, 4) is 0 Å². The predicted octanol–water partition coefficient (Wildman–Crippen LogP) is 4.03. The van der Waals surface area contributed by atoms with E-state index in [0.29, 0.717) is 0 Å². The quantitative estimate of drug-likeness (QED) is 0.546. The second kappa shape index (κ2) is 8.06. The Kier molecular flexibility index (Phi) is 7.36.